The Kier molecular flexibility index (Phi) is 5.68. The fourth-order valence-electron chi connectivity index (χ4n) is 5.31. The summed E-state index contributed by atoms with van der Waals surface area (Å²) < 4.78 is 2.20. The molecule has 5 heterocycles. The zero-order valence-electron chi connectivity index (χ0n) is 20.3. The first kappa shape index (κ1) is 22.2. The molecule has 4 aromatic heterocycles. The molecule has 0 atom stereocenters. The minimum Gasteiger partial charge on any atom is -0.359 e. The average Bonchev–Trinajstić information content (AvgIpc) is 3.75. The summed E-state index contributed by atoms with van der Waals surface area (Å²) in [6, 6.07) is 23.5. The summed E-state index contributed by atoms with van der Waals surface area (Å²) in [7, 11) is 0. The molecule has 1 aliphatic rings. The highest BCUT2D eigenvalue weighted by molar-refractivity contribution is 7.15. The Labute approximate surface area is 218 Å². The lowest BCUT2D eigenvalue weighted by Gasteiger charge is -2.30. The summed E-state index contributed by atoms with van der Waals surface area (Å²) in [5.41, 5.74) is 6.83. The van der Waals surface area contributed by atoms with Crippen molar-refractivity contribution in [2.24, 2.45) is 0 Å². The van der Waals surface area contributed by atoms with Crippen molar-refractivity contribution in [2.45, 2.75) is 25.3 Å². The number of nitrogens with zero attached hydrogens (tertiary/aromatic N) is 5. The second-order valence-corrected chi connectivity index (χ2v) is 10.5. The zero-order valence-corrected chi connectivity index (χ0v) is 21.2. The maximum absolute atomic E-state index is 4.97. The van der Waals surface area contributed by atoms with Crippen molar-refractivity contribution in [3.05, 3.63) is 95.9 Å². The molecular weight excluding hydrogens is 478 g/mol. The largest absolute Gasteiger partial charge is 0.359 e. The normalized spacial score (nSPS) is 15.0. The molecule has 37 heavy (non-hydrogen) atoms. The summed E-state index contributed by atoms with van der Waals surface area (Å²) >= 11 is 1.67. The number of H-pyrrole nitrogens is 2. The van der Waals surface area contributed by atoms with Gasteiger partial charge in [-0.25, -0.2) is 4.98 Å². The van der Waals surface area contributed by atoms with Gasteiger partial charge in [-0.2, -0.15) is 0 Å². The monoisotopic (exact) mass is 505 g/mol. The first-order valence-corrected chi connectivity index (χ1v) is 13.6. The molecular formula is C29H27N7S. The number of aromatic amines is 2. The van der Waals surface area contributed by atoms with Crippen molar-refractivity contribution in [1.82, 2.24) is 34.4 Å². The highest BCUT2D eigenvalue weighted by atomic mass is 32.1. The molecule has 0 radical (unpaired) electrons. The SMILES string of the molecule is c1ccc(-c2c(-c3ccc(CN4CCC(c5nnc(-c6ccc[nH]6)[nH]5)CC4)cc3)nc3sccn23)cc1. The van der Waals surface area contributed by atoms with Crippen LogP contribution in [-0.2, 0) is 6.54 Å². The van der Waals surface area contributed by atoms with Crippen LogP contribution in [0.25, 0.3) is 39.0 Å². The van der Waals surface area contributed by atoms with Gasteiger partial charge >= 0.3 is 0 Å². The van der Waals surface area contributed by atoms with Crippen molar-refractivity contribution < 1.29 is 0 Å². The molecule has 184 valence electrons. The number of nitrogens with one attached hydrogen (secondary N) is 2. The minimum atomic E-state index is 0.432. The highest BCUT2D eigenvalue weighted by Crippen LogP contribution is 2.34. The molecule has 2 N–H and O–H groups in total. The van der Waals surface area contributed by atoms with E-state index in [9.17, 15) is 0 Å². The van der Waals surface area contributed by atoms with Crippen molar-refractivity contribution in [3.63, 3.8) is 0 Å². The van der Waals surface area contributed by atoms with E-state index < -0.39 is 0 Å². The molecule has 6 aromatic rings. The van der Waals surface area contributed by atoms with Crippen LogP contribution in [0.4, 0.5) is 0 Å². The van der Waals surface area contributed by atoms with Gasteiger partial charge in [-0.1, -0.05) is 54.6 Å². The maximum Gasteiger partial charge on any atom is 0.194 e. The van der Waals surface area contributed by atoms with Gasteiger partial charge in [0.05, 0.1) is 17.1 Å². The zero-order chi connectivity index (χ0) is 24.6. The number of fused-ring (bicyclic) bond motifs is 1. The topological polar surface area (TPSA) is 77.9 Å². The van der Waals surface area contributed by atoms with E-state index in [1.54, 1.807) is 11.3 Å². The molecule has 1 aliphatic heterocycles. The molecule has 8 heteroatoms. The Morgan fingerprint density at radius 1 is 0.892 bits per heavy atom. The van der Waals surface area contributed by atoms with Crippen molar-refractivity contribution in [3.8, 4) is 34.0 Å². The summed E-state index contributed by atoms with van der Waals surface area (Å²) in [6.45, 7) is 3.07. The number of piperidine rings is 1. The van der Waals surface area contributed by atoms with Crippen LogP contribution in [0.1, 0.15) is 30.1 Å². The van der Waals surface area contributed by atoms with Gasteiger partial charge in [-0.3, -0.25) is 9.30 Å². The molecule has 2 aromatic carbocycles. The van der Waals surface area contributed by atoms with E-state index in [1.807, 2.05) is 18.3 Å². The Balaban J connectivity index is 1.03. The van der Waals surface area contributed by atoms with E-state index in [4.69, 9.17) is 4.98 Å². The average molecular weight is 506 g/mol. The Hall–Kier alpha value is -4.01. The first-order valence-electron chi connectivity index (χ1n) is 12.7. The third-order valence-electron chi connectivity index (χ3n) is 7.27. The van der Waals surface area contributed by atoms with E-state index in [0.29, 0.717) is 5.92 Å². The number of hydrogen-bond donors (Lipinski definition) is 2. The minimum absolute atomic E-state index is 0.432. The van der Waals surface area contributed by atoms with Gasteiger partial charge in [-0.15, -0.1) is 21.5 Å². The van der Waals surface area contributed by atoms with E-state index in [0.717, 1.165) is 71.7 Å². The number of likely N-dealkylation sites (tertiary alicyclic amines) is 1. The predicted octanol–water partition coefficient (Wildman–Crippen LogP) is 6.22. The number of benzene rings is 2. The van der Waals surface area contributed by atoms with E-state index in [1.165, 1.54) is 11.1 Å². The second kappa shape index (κ2) is 9.46. The van der Waals surface area contributed by atoms with Gasteiger partial charge in [0.25, 0.3) is 0 Å². The van der Waals surface area contributed by atoms with Gasteiger partial charge in [0.1, 0.15) is 5.82 Å². The van der Waals surface area contributed by atoms with Gasteiger partial charge in [0, 0.05) is 41.4 Å². The third kappa shape index (κ3) is 4.28. The molecule has 0 saturated carbocycles. The molecule has 0 unspecified atom stereocenters. The first-order chi connectivity index (χ1) is 18.3. The van der Waals surface area contributed by atoms with Crippen LogP contribution in [-0.4, -0.2) is 47.5 Å². The number of aromatic nitrogens is 6. The van der Waals surface area contributed by atoms with Gasteiger partial charge in [0.15, 0.2) is 10.8 Å². The lowest BCUT2D eigenvalue weighted by molar-refractivity contribution is 0.202. The van der Waals surface area contributed by atoms with Crippen LogP contribution < -0.4 is 0 Å². The Bertz CT molecular complexity index is 1600. The van der Waals surface area contributed by atoms with Gasteiger partial charge in [0.2, 0.25) is 0 Å². The molecule has 0 amide bonds. The van der Waals surface area contributed by atoms with Gasteiger partial charge < -0.3 is 9.97 Å². The standard InChI is InChI=1S/C29H27N7S/c1-2-5-22(6-3-1)26-25(31-29-36(26)17-18-37-29)21-10-8-20(9-11-21)19-35-15-12-23(13-16-35)27-32-28(34-33-27)24-7-4-14-30-24/h1-11,14,17-18,23,30H,12-13,15-16,19H2,(H,32,33,34). The predicted molar refractivity (Wildman–Crippen MR) is 147 cm³/mol. The second-order valence-electron chi connectivity index (χ2n) is 9.62. The molecule has 7 rings (SSSR count). The van der Waals surface area contributed by atoms with Crippen molar-refractivity contribution in [2.75, 3.05) is 13.1 Å². The van der Waals surface area contributed by atoms with Crippen LogP contribution in [0.15, 0.2) is 84.5 Å². The van der Waals surface area contributed by atoms with Crippen LogP contribution in [0.3, 0.4) is 0 Å². The molecule has 7 nitrogen and oxygen atoms in total. The van der Waals surface area contributed by atoms with E-state index in [-0.39, 0.29) is 0 Å². The lowest BCUT2D eigenvalue weighted by Crippen LogP contribution is -2.32. The fraction of sp³-hybridized carbons (Fsp3) is 0.207. The van der Waals surface area contributed by atoms with Crippen LogP contribution in [0.2, 0.25) is 0 Å². The van der Waals surface area contributed by atoms with E-state index >= 15 is 0 Å². The van der Waals surface area contributed by atoms with Crippen molar-refractivity contribution >= 4 is 16.3 Å². The fourth-order valence-corrected chi connectivity index (χ4v) is 6.02. The molecule has 1 fully saturated rings. The summed E-state index contributed by atoms with van der Waals surface area (Å²) in [6.07, 6.45) is 6.19. The summed E-state index contributed by atoms with van der Waals surface area (Å²) in [5, 5.41) is 10.9. The smallest absolute Gasteiger partial charge is 0.194 e. The summed E-state index contributed by atoms with van der Waals surface area (Å²) in [4.78, 5) is 15.1. The van der Waals surface area contributed by atoms with Crippen LogP contribution >= 0.6 is 11.3 Å². The van der Waals surface area contributed by atoms with Crippen LogP contribution in [0, 0.1) is 0 Å². The molecule has 0 bridgehead atoms. The number of thiazole rings is 1. The Morgan fingerprint density at radius 2 is 1.73 bits per heavy atom. The third-order valence-corrected chi connectivity index (χ3v) is 8.03. The van der Waals surface area contributed by atoms with Crippen LogP contribution in [0.5, 0.6) is 0 Å². The summed E-state index contributed by atoms with van der Waals surface area (Å²) in [5.74, 6) is 2.25. The van der Waals surface area contributed by atoms with Gasteiger partial charge in [-0.05, 0) is 43.6 Å². The number of hydrogen-bond acceptors (Lipinski definition) is 5. The maximum atomic E-state index is 4.97. The Morgan fingerprint density at radius 3 is 2.51 bits per heavy atom. The van der Waals surface area contributed by atoms with Crippen molar-refractivity contribution in [1.29, 1.82) is 0 Å². The molecule has 0 spiro atoms. The lowest BCUT2D eigenvalue weighted by atomic mass is 9.95. The molecule has 1 saturated heterocycles. The molecule has 0 aliphatic carbocycles. The van der Waals surface area contributed by atoms with E-state index in [2.05, 4.69) is 95.6 Å². The highest BCUT2D eigenvalue weighted by Gasteiger charge is 2.24. The number of rotatable bonds is 6. The number of imidazole rings is 1. The quantitative estimate of drug-likeness (QED) is 0.282.